The number of ether oxygens (including phenoxy) is 1. The van der Waals surface area contributed by atoms with Gasteiger partial charge in [-0.1, -0.05) is 18.1 Å². The molecule has 2 atom stereocenters. The molecule has 0 heterocycles. The van der Waals surface area contributed by atoms with Crippen LogP contribution in [-0.2, 0) is 6.54 Å². The van der Waals surface area contributed by atoms with E-state index < -0.39 is 0 Å². The molecule has 1 aliphatic carbocycles. The van der Waals surface area contributed by atoms with Gasteiger partial charge in [-0.15, -0.1) is 0 Å². The fourth-order valence-corrected chi connectivity index (χ4v) is 1.97. The van der Waals surface area contributed by atoms with Crippen LogP contribution in [0.2, 0.25) is 0 Å². The molecule has 1 fully saturated rings. The third kappa shape index (κ3) is 2.73. The second-order valence-electron chi connectivity index (χ2n) is 4.72. The maximum absolute atomic E-state index is 8.69. The number of benzene rings is 1. The van der Waals surface area contributed by atoms with Crippen LogP contribution in [-0.4, -0.2) is 24.2 Å². The highest BCUT2D eigenvalue weighted by molar-refractivity contribution is 5.99. The van der Waals surface area contributed by atoms with Gasteiger partial charge in [-0.25, -0.2) is 0 Å². The highest BCUT2D eigenvalue weighted by Gasteiger charge is 2.31. The Hall–Kier alpha value is -1.75. The van der Waals surface area contributed by atoms with Crippen molar-refractivity contribution in [3.05, 3.63) is 29.3 Å². The summed E-state index contributed by atoms with van der Waals surface area (Å²) in [5.74, 6) is 1.46. The van der Waals surface area contributed by atoms with Crippen molar-refractivity contribution in [2.24, 2.45) is 16.8 Å². The van der Waals surface area contributed by atoms with Gasteiger partial charge in [0.25, 0.3) is 0 Å². The molecule has 0 spiro atoms. The van der Waals surface area contributed by atoms with Gasteiger partial charge in [0, 0.05) is 12.6 Å². The van der Waals surface area contributed by atoms with Gasteiger partial charge in [0.05, 0.1) is 12.7 Å². The fourth-order valence-electron chi connectivity index (χ4n) is 1.97. The van der Waals surface area contributed by atoms with E-state index in [-0.39, 0.29) is 5.84 Å². The van der Waals surface area contributed by atoms with Gasteiger partial charge >= 0.3 is 0 Å². The Bertz CT molecular complexity index is 460. The van der Waals surface area contributed by atoms with Crippen molar-refractivity contribution < 1.29 is 9.94 Å². The maximum Gasteiger partial charge on any atom is 0.173 e. The van der Waals surface area contributed by atoms with Crippen LogP contribution in [0.25, 0.3) is 0 Å². The molecule has 0 amide bonds. The molecule has 5 nitrogen and oxygen atoms in total. The lowest BCUT2D eigenvalue weighted by atomic mass is 10.1. The third-order valence-electron chi connectivity index (χ3n) is 3.33. The summed E-state index contributed by atoms with van der Waals surface area (Å²) in [5, 5.41) is 15.1. The van der Waals surface area contributed by atoms with E-state index in [1.807, 2.05) is 12.1 Å². The van der Waals surface area contributed by atoms with Gasteiger partial charge in [-0.2, -0.15) is 0 Å². The largest absolute Gasteiger partial charge is 0.496 e. The standard InChI is InChI=1S/C13H19N3O2/c1-8-5-11(8)15-7-9-3-4-10(13(14)16-17)12(6-9)18-2/h3-4,6,8,11,15,17H,5,7H2,1-2H3,(H2,14,16). The molecule has 1 aromatic carbocycles. The number of nitrogens with zero attached hydrogens (tertiary/aromatic N) is 1. The van der Waals surface area contributed by atoms with E-state index in [4.69, 9.17) is 15.7 Å². The average Bonchev–Trinajstić information content (AvgIpc) is 3.11. The molecule has 2 rings (SSSR count). The lowest BCUT2D eigenvalue weighted by Crippen LogP contribution is -2.18. The monoisotopic (exact) mass is 249 g/mol. The molecule has 2 unspecified atom stereocenters. The lowest BCUT2D eigenvalue weighted by Gasteiger charge is -2.10. The van der Waals surface area contributed by atoms with E-state index in [0.29, 0.717) is 17.4 Å². The Kier molecular flexibility index (Phi) is 3.72. The zero-order valence-electron chi connectivity index (χ0n) is 10.7. The van der Waals surface area contributed by atoms with Crippen LogP contribution in [0.15, 0.2) is 23.4 Å². The van der Waals surface area contributed by atoms with Crippen LogP contribution in [0.5, 0.6) is 5.75 Å². The van der Waals surface area contributed by atoms with Crippen molar-refractivity contribution in [2.75, 3.05) is 7.11 Å². The Morgan fingerprint density at radius 1 is 1.61 bits per heavy atom. The summed E-state index contributed by atoms with van der Waals surface area (Å²) in [6.07, 6.45) is 1.25. The predicted molar refractivity (Wildman–Crippen MR) is 69.9 cm³/mol. The van der Waals surface area contributed by atoms with Gasteiger partial charge in [-0.05, 0) is 30.0 Å². The van der Waals surface area contributed by atoms with Gasteiger partial charge in [0.2, 0.25) is 0 Å². The van der Waals surface area contributed by atoms with Gasteiger partial charge in [0.1, 0.15) is 5.75 Å². The zero-order chi connectivity index (χ0) is 13.1. The zero-order valence-corrected chi connectivity index (χ0v) is 10.7. The molecule has 18 heavy (non-hydrogen) atoms. The molecule has 0 radical (unpaired) electrons. The van der Waals surface area contributed by atoms with E-state index in [1.165, 1.54) is 6.42 Å². The lowest BCUT2D eigenvalue weighted by molar-refractivity contribution is 0.318. The van der Waals surface area contributed by atoms with Gasteiger partial charge in [0.15, 0.2) is 5.84 Å². The molecule has 4 N–H and O–H groups in total. The molecule has 1 saturated carbocycles. The SMILES string of the molecule is COc1cc(CNC2CC2C)ccc1/C(N)=N/O. The Labute approximate surface area is 107 Å². The van der Waals surface area contributed by atoms with E-state index in [2.05, 4.69) is 17.4 Å². The van der Waals surface area contributed by atoms with E-state index in [0.717, 1.165) is 18.0 Å². The summed E-state index contributed by atoms with van der Waals surface area (Å²) in [5.41, 5.74) is 7.30. The molecular formula is C13H19N3O2. The molecule has 0 aromatic heterocycles. The number of methoxy groups -OCH3 is 1. The summed E-state index contributed by atoms with van der Waals surface area (Å²) < 4.78 is 5.25. The van der Waals surface area contributed by atoms with Crippen LogP contribution in [0.4, 0.5) is 0 Å². The van der Waals surface area contributed by atoms with Crippen LogP contribution in [0.3, 0.4) is 0 Å². The normalized spacial score (nSPS) is 22.9. The third-order valence-corrected chi connectivity index (χ3v) is 3.33. The molecule has 0 saturated heterocycles. The van der Waals surface area contributed by atoms with Gasteiger partial charge < -0.3 is 21.0 Å². The molecule has 0 aliphatic heterocycles. The Morgan fingerprint density at radius 3 is 2.89 bits per heavy atom. The smallest absolute Gasteiger partial charge is 0.173 e. The van der Waals surface area contributed by atoms with Crippen LogP contribution in [0, 0.1) is 5.92 Å². The second kappa shape index (κ2) is 5.27. The number of nitrogens with two attached hydrogens (primary N) is 1. The minimum atomic E-state index is 0.0576. The van der Waals surface area contributed by atoms with Crippen LogP contribution in [0.1, 0.15) is 24.5 Å². The minimum absolute atomic E-state index is 0.0576. The fraction of sp³-hybridized carbons (Fsp3) is 0.462. The number of nitrogens with one attached hydrogen (secondary N) is 1. The quantitative estimate of drug-likeness (QED) is 0.318. The van der Waals surface area contributed by atoms with Crippen molar-refractivity contribution in [2.45, 2.75) is 25.9 Å². The van der Waals surface area contributed by atoms with Crippen LogP contribution >= 0.6 is 0 Å². The van der Waals surface area contributed by atoms with Crippen molar-refractivity contribution in [1.29, 1.82) is 0 Å². The summed E-state index contributed by atoms with van der Waals surface area (Å²) in [6, 6.07) is 6.31. The predicted octanol–water partition coefficient (Wildman–Crippen LogP) is 1.29. The van der Waals surface area contributed by atoms with E-state index in [9.17, 15) is 0 Å². The first kappa shape index (κ1) is 12.7. The maximum atomic E-state index is 8.69. The Morgan fingerprint density at radius 2 is 2.33 bits per heavy atom. The number of amidine groups is 1. The molecule has 5 heteroatoms. The first-order valence-corrected chi connectivity index (χ1v) is 6.04. The van der Waals surface area contributed by atoms with Gasteiger partial charge in [-0.3, -0.25) is 0 Å². The second-order valence-corrected chi connectivity index (χ2v) is 4.72. The van der Waals surface area contributed by atoms with Crippen molar-refractivity contribution in [3.63, 3.8) is 0 Å². The number of oxime groups is 1. The molecule has 0 bridgehead atoms. The van der Waals surface area contributed by atoms with Crippen LogP contribution < -0.4 is 15.8 Å². The van der Waals surface area contributed by atoms with Crippen molar-refractivity contribution >= 4 is 5.84 Å². The first-order valence-electron chi connectivity index (χ1n) is 6.04. The summed E-state index contributed by atoms with van der Waals surface area (Å²) >= 11 is 0. The van der Waals surface area contributed by atoms with Crippen molar-refractivity contribution in [1.82, 2.24) is 5.32 Å². The molecule has 1 aromatic rings. The number of rotatable bonds is 5. The minimum Gasteiger partial charge on any atom is -0.496 e. The molecule has 98 valence electrons. The summed E-state index contributed by atoms with van der Waals surface area (Å²) in [4.78, 5) is 0. The summed E-state index contributed by atoms with van der Waals surface area (Å²) in [7, 11) is 1.57. The molecular weight excluding hydrogens is 230 g/mol. The Balaban J connectivity index is 2.08. The summed E-state index contributed by atoms with van der Waals surface area (Å²) in [6.45, 7) is 3.04. The highest BCUT2D eigenvalue weighted by atomic mass is 16.5. The number of hydrogen-bond donors (Lipinski definition) is 3. The highest BCUT2D eigenvalue weighted by Crippen LogP contribution is 2.29. The van der Waals surface area contributed by atoms with Crippen molar-refractivity contribution in [3.8, 4) is 5.75 Å². The molecule has 1 aliphatic rings. The number of hydrogen-bond acceptors (Lipinski definition) is 4. The van der Waals surface area contributed by atoms with E-state index >= 15 is 0 Å². The first-order chi connectivity index (χ1) is 8.65. The topological polar surface area (TPSA) is 79.9 Å². The van der Waals surface area contributed by atoms with E-state index in [1.54, 1.807) is 13.2 Å². The average molecular weight is 249 g/mol.